The van der Waals surface area contributed by atoms with Crippen molar-refractivity contribution in [3.05, 3.63) is 65.2 Å². The summed E-state index contributed by atoms with van der Waals surface area (Å²) in [7, 11) is 1.66. The molecule has 3 heteroatoms. The van der Waals surface area contributed by atoms with Crippen molar-refractivity contribution in [1.82, 2.24) is 0 Å². The van der Waals surface area contributed by atoms with Crippen LogP contribution in [-0.2, 0) is 4.79 Å². The molecule has 0 fully saturated rings. The molecule has 0 saturated carbocycles. The normalized spacial score (nSPS) is 19.0. The van der Waals surface area contributed by atoms with E-state index in [0.717, 1.165) is 33.7 Å². The first-order valence-electron chi connectivity index (χ1n) is 8.46. The summed E-state index contributed by atoms with van der Waals surface area (Å²) in [5.74, 6) is 0.817. The minimum atomic E-state index is -0.357. The number of rotatable bonds is 2. The summed E-state index contributed by atoms with van der Waals surface area (Å²) in [6.07, 6.45) is 4.13. The van der Waals surface area contributed by atoms with Gasteiger partial charge in [0, 0.05) is 11.1 Å². The Morgan fingerprint density at radius 2 is 1.76 bits per heavy atom. The Hall–Kier alpha value is -2.81. The molecule has 0 bridgehead atoms. The molecule has 0 aliphatic carbocycles. The summed E-state index contributed by atoms with van der Waals surface area (Å²) < 4.78 is 5.49. The van der Waals surface area contributed by atoms with Crippen LogP contribution in [0.4, 0.5) is 5.69 Å². The molecule has 0 aromatic heterocycles. The monoisotopic (exact) mass is 331 g/mol. The lowest BCUT2D eigenvalue weighted by Crippen LogP contribution is -2.46. The Balaban J connectivity index is 2.01. The molecule has 2 aliphatic heterocycles. The van der Waals surface area contributed by atoms with Gasteiger partial charge in [-0.3, -0.25) is 9.69 Å². The minimum absolute atomic E-state index is 0.0436. The third-order valence-corrected chi connectivity index (χ3v) is 4.95. The quantitative estimate of drug-likeness (QED) is 0.741. The fourth-order valence-corrected chi connectivity index (χ4v) is 3.89. The zero-order chi connectivity index (χ0) is 17.8. The summed E-state index contributed by atoms with van der Waals surface area (Å²) in [5, 5.41) is 0. The maximum Gasteiger partial charge on any atom is 0.259 e. The first-order chi connectivity index (χ1) is 11.9. The number of benzene rings is 2. The fraction of sp³-hybridized carbons (Fsp3) is 0.227. The average molecular weight is 331 g/mol. The van der Waals surface area contributed by atoms with Gasteiger partial charge in [0.1, 0.15) is 5.75 Å². The van der Waals surface area contributed by atoms with Crippen LogP contribution in [0.25, 0.3) is 17.2 Å². The van der Waals surface area contributed by atoms with E-state index in [9.17, 15) is 4.79 Å². The second-order valence-corrected chi connectivity index (χ2v) is 7.16. The van der Waals surface area contributed by atoms with Crippen molar-refractivity contribution < 1.29 is 9.53 Å². The van der Waals surface area contributed by atoms with Gasteiger partial charge in [-0.05, 0) is 50.1 Å². The molecule has 0 radical (unpaired) electrons. The maximum atomic E-state index is 13.3. The van der Waals surface area contributed by atoms with Gasteiger partial charge in [-0.1, -0.05) is 36.4 Å². The van der Waals surface area contributed by atoms with Gasteiger partial charge in [-0.2, -0.15) is 0 Å². The van der Waals surface area contributed by atoms with Crippen molar-refractivity contribution in [3.63, 3.8) is 0 Å². The summed E-state index contributed by atoms with van der Waals surface area (Å²) in [5.41, 5.74) is 5.57. The zero-order valence-electron chi connectivity index (χ0n) is 15.0. The van der Waals surface area contributed by atoms with Gasteiger partial charge in [-0.15, -0.1) is 0 Å². The minimum Gasteiger partial charge on any atom is -0.497 e. The van der Waals surface area contributed by atoms with E-state index >= 15 is 0 Å². The highest BCUT2D eigenvalue weighted by Crippen LogP contribution is 2.50. The molecule has 126 valence electrons. The van der Waals surface area contributed by atoms with Crippen LogP contribution in [0.2, 0.25) is 0 Å². The number of hydrogen-bond donors (Lipinski definition) is 0. The molecule has 2 aromatic rings. The van der Waals surface area contributed by atoms with Crippen LogP contribution < -0.4 is 9.64 Å². The van der Waals surface area contributed by atoms with Gasteiger partial charge in [0.2, 0.25) is 0 Å². The largest absolute Gasteiger partial charge is 0.497 e. The van der Waals surface area contributed by atoms with Crippen molar-refractivity contribution in [2.75, 3.05) is 12.0 Å². The van der Waals surface area contributed by atoms with Crippen LogP contribution >= 0.6 is 0 Å². The van der Waals surface area contributed by atoms with Crippen molar-refractivity contribution >= 4 is 28.8 Å². The van der Waals surface area contributed by atoms with Crippen molar-refractivity contribution in [2.24, 2.45) is 0 Å². The fourth-order valence-electron chi connectivity index (χ4n) is 3.89. The van der Waals surface area contributed by atoms with Gasteiger partial charge in [0.15, 0.2) is 0 Å². The number of nitrogens with zero attached hydrogens (tertiary/aromatic N) is 1. The number of methoxy groups -OCH3 is 1. The second kappa shape index (κ2) is 5.35. The number of carbonyl (C=O) groups excluding carboxylic acids is 1. The lowest BCUT2D eigenvalue weighted by atomic mass is 9.89. The van der Waals surface area contributed by atoms with E-state index in [1.165, 1.54) is 5.57 Å². The molecule has 25 heavy (non-hydrogen) atoms. The highest BCUT2D eigenvalue weighted by molar-refractivity contribution is 6.37. The average Bonchev–Trinajstić information content (AvgIpc) is 2.86. The summed E-state index contributed by atoms with van der Waals surface area (Å²) in [4.78, 5) is 15.2. The molecule has 0 unspecified atom stereocenters. The number of hydrogen-bond acceptors (Lipinski definition) is 2. The first kappa shape index (κ1) is 15.7. The number of anilines is 1. The van der Waals surface area contributed by atoms with E-state index < -0.39 is 0 Å². The summed E-state index contributed by atoms with van der Waals surface area (Å²) in [6, 6.07) is 14.0. The van der Waals surface area contributed by atoms with E-state index in [1.54, 1.807) is 7.11 Å². The molecule has 2 aliphatic rings. The molecular weight excluding hydrogens is 310 g/mol. The van der Waals surface area contributed by atoms with Gasteiger partial charge in [-0.25, -0.2) is 0 Å². The van der Waals surface area contributed by atoms with E-state index in [4.69, 9.17) is 4.74 Å². The predicted molar refractivity (Wildman–Crippen MR) is 103 cm³/mol. The van der Waals surface area contributed by atoms with E-state index in [1.807, 2.05) is 53.4 Å². The highest BCUT2D eigenvalue weighted by atomic mass is 16.5. The second-order valence-electron chi connectivity index (χ2n) is 7.16. The Morgan fingerprint density at radius 3 is 2.44 bits per heavy atom. The van der Waals surface area contributed by atoms with Crippen molar-refractivity contribution in [3.8, 4) is 5.75 Å². The Morgan fingerprint density at radius 1 is 1.08 bits per heavy atom. The van der Waals surface area contributed by atoms with Gasteiger partial charge in [0.25, 0.3) is 5.91 Å². The molecule has 0 spiro atoms. The van der Waals surface area contributed by atoms with Gasteiger partial charge < -0.3 is 4.74 Å². The molecule has 2 aromatic carbocycles. The Kier molecular flexibility index (Phi) is 3.36. The standard InChI is InChI=1S/C22H21NO2/c1-14-13-22(2,3)23-20-17(14)11-16(25-4)12-18(20)19(21(23)24)10-15-8-6-5-7-9-15/h5-13H,1-4H3/b19-10+. The summed E-state index contributed by atoms with van der Waals surface area (Å²) >= 11 is 0. The molecular formula is C22H21NO2. The van der Waals surface area contributed by atoms with Crippen LogP contribution in [0.1, 0.15) is 37.5 Å². The van der Waals surface area contributed by atoms with E-state index in [-0.39, 0.29) is 11.4 Å². The lowest BCUT2D eigenvalue weighted by molar-refractivity contribution is -0.113. The predicted octanol–water partition coefficient (Wildman–Crippen LogP) is 4.78. The van der Waals surface area contributed by atoms with Crippen LogP contribution in [0.15, 0.2) is 48.5 Å². The van der Waals surface area contributed by atoms with Crippen molar-refractivity contribution in [1.29, 1.82) is 0 Å². The van der Waals surface area contributed by atoms with Crippen LogP contribution in [0.5, 0.6) is 5.75 Å². The number of carbonyl (C=O) groups is 1. The van der Waals surface area contributed by atoms with E-state index in [2.05, 4.69) is 26.8 Å². The zero-order valence-corrected chi connectivity index (χ0v) is 15.0. The van der Waals surface area contributed by atoms with Crippen LogP contribution in [-0.4, -0.2) is 18.6 Å². The van der Waals surface area contributed by atoms with Crippen molar-refractivity contribution in [2.45, 2.75) is 26.3 Å². The molecule has 0 saturated heterocycles. The van der Waals surface area contributed by atoms with Gasteiger partial charge in [0.05, 0.1) is 23.9 Å². The molecule has 0 atom stereocenters. The maximum absolute atomic E-state index is 13.3. The number of ether oxygens (including phenoxy) is 1. The topological polar surface area (TPSA) is 29.5 Å². The summed E-state index contributed by atoms with van der Waals surface area (Å²) in [6.45, 7) is 6.26. The molecule has 0 N–H and O–H groups in total. The highest BCUT2D eigenvalue weighted by Gasteiger charge is 2.44. The molecule has 1 amide bonds. The molecule has 4 rings (SSSR count). The Labute approximate surface area is 148 Å². The smallest absolute Gasteiger partial charge is 0.259 e. The number of allylic oxidation sites excluding steroid dienone is 1. The third kappa shape index (κ3) is 2.30. The number of amides is 1. The third-order valence-electron chi connectivity index (χ3n) is 4.95. The molecule has 2 heterocycles. The SMILES string of the molecule is COc1cc2c3c(c1)/C(=C\c1ccccc1)C(=O)N3C(C)(C)C=C2C. The Bertz CT molecular complexity index is 936. The lowest BCUT2D eigenvalue weighted by Gasteiger charge is -2.38. The van der Waals surface area contributed by atoms with Crippen LogP contribution in [0, 0.1) is 0 Å². The molecule has 3 nitrogen and oxygen atoms in total. The first-order valence-corrected chi connectivity index (χ1v) is 8.46. The van der Waals surface area contributed by atoms with E-state index in [0.29, 0.717) is 0 Å². The van der Waals surface area contributed by atoms with Gasteiger partial charge >= 0.3 is 0 Å². The van der Waals surface area contributed by atoms with Crippen LogP contribution in [0.3, 0.4) is 0 Å².